The molecule has 0 radical (unpaired) electrons. The maximum atomic E-state index is 13.0. The van der Waals surface area contributed by atoms with Gasteiger partial charge in [-0.2, -0.15) is 5.10 Å². The second-order valence-corrected chi connectivity index (χ2v) is 9.17. The second kappa shape index (κ2) is 7.74. The van der Waals surface area contributed by atoms with Crippen molar-refractivity contribution in [3.8, 4) is 11.4 Å². The minimum Gasteiger partial charge on any atom is -0.444 e. The highest BCUT2D eigenvalue weighted by molar-refractivity contribution is 5.95. The normalized spacial score (nSPS) is 19.7. The van der Waals surface area contributed by atoms with Crippen LogP contribution in [0.3, 0.4) is 0 Å². The van der Waals surface area contributed by atoms with Crippen LogP contribution < -0.4 is 0 Å². The van der Waals surface area contributed by atoms with E-state index in [0.29, 0.717) is 36.9 Å². The highest BCUT2D eigenvalue weighted by Crippen LogP contribution is 2.38. The number of rotatable bonds is 3. The van der Waals surface area contributed by atoms with Crippen molar-refractivity contribution in [1.82, 2.24) is 25.0 Å². The average molecular weight is 412 g/mol. The molecule has 1 saturated heterocycles. The Bertz CT molecular complexity index is 927. The number of hydrogen-bond donors (Lipinski definition) is 1. The first-order valence-electron chi connectivity index (χ1n) is 10.5. The van der Waals surface area contributed by atoms with Gasteiger partial charge in [0.2, 0.25) is 0 Å². The van der Waals surface area contributed by atoms with Crippen molar-refractivity contribution in [3.63, 3.8) is 0 Å². The topological polar surface area (TPSA) is 91.4 Å². The van der Waals surface area contributed by atoms with E-state index in [4.69, 9.17) is 4.74 Å². The van der Waals surface area contributed by atoms with Gasteiger partial charge in [-0.25, -0.2) is 9.78 Å². The first-order valence-corrected chi connectivity index (χ1v) is 10.5. The fourth-order valence-corrected chi connectivity index (χ4v) is 3.62. The standard InChI is InChI=1S/C22H29N5O3/c1-14-13-26(21(29)30-22(2,3)4)11-12-27(14)20(28)17-9-7-16(8-10-17)19-23-18(24-25-19)15-5-6-15/h7-10,14-15H,5-6,11-13H2,1-4H3,(H,23,24,25). The highest BCUT2D eigenvalue weighted by atomic mass is 16.6. The van der Waals surface area contributed by atoms with E-state index in [1.54, 1.807) is 4.90 Å². The molecular formula is C22H29N5O3. The van der Waals surface area contributed by atoms with E-state index in [2.05, 4.69) is 15.2 Å². The number of piperazine rings is 1. The molecule has 2 fully saturated rings. The van der Waals surface area contributed by atoms with Gasteiger partial charge in [0.25, 0.3) is 5.91 Å². The summed E-state index contributed by atoms with van der Waals surface area (Å²) in [6.45, 7) is 8.90. The van der Waals surface area contributed by atoms with Crippen LogP contribution in [0.25, 0.3) is 11.4 Å². The van der Waals surface area contributed by atoms with E-state index in [-0.39, 0.29) is 18.0 Å². The van der Waals surface area contributed by atoms with Crippen LogP contribution in [0.4, 0.5) is 4.79 Å². The molecule has 4 rings (SSSR count). The Labute approximate surface area is 176 Å². The second-order valence-electron chi connectivity index (χ2n) is 9.17. The predicted molar refractivity (Wildman–Crippen MR) is 112 cm³/mol. The van der Waals surface area contributed by atoms with Crippen LogP contribution in [0.2, 0.25) is 0 Å². The molecule has 0 spiro atoms. The van der Waals surface area contributed by atoms with Crippen LogP contribution in [0.5, 0.6) is 0 Å². The molecule has 30 heavy (non-hydrogen) atoms. The molecule has 2 amide bonds. The van der Waals surface area contributed by atoms with Gasteiger partial charge in [0, 0.05) is 42.7 Å². The summed E-state index contributed by atoms with van der Waals surface area (Å²) < 4.78 is 5.45. The molecule has 2 heterocycles. The number of carbonyl (C=O) groups is 2. The number of benzene rings is 1. The molecule has 2 aromatic rings. The third-order valence-corrected chi connectivity index (χ3v) is 5.40. The molecule has 2 aliphatic rings. The number of ether oxygens (including phenoxy) is 1. The largest absolute Gasteiger partial charge is 0.444 e. The SMILES string of the molecule is CC1CN(C(=O)OC(C)(C)C)CCN1C(=O)c1ccc(-c2n[nH]c(C3CC3)n2)cc1. The number of carbonyl (C=O) groups excluding carboxylic acids is 2. The van der Waals surface area contributed by atoms with Gasteiger partial charge in [-0.05, 0) is 52.7 Å². The molecular weight excluding hydrogens is 382 g/mol. The van der Waals surface area contributed by atoms with Crippen molar-refractivity contribution in [2.45, 2.75) is 58.1 Å². The third-order valence-electron chi connectivity index (χ3n) is 5.40. The van der Waals surface area contributed by atoms with E-state index >= 15 is 0 Å². The van der Waals surface area contributed by atoms with Gasteiger partial charge in [0.1, 0.15) is 11.4 Å². The number of hydrogen-bond acceptors (Lipinski definition) is 5. The van der Waals surface area contributed by atoms with Crippen LogP contribution in [0.15, 0.2) is 24.3 Å². The number of nitrogens with zero attached hydrogens (tertiary/aromatic N) is 4. The molecule has 1 atom stereocenters. The summed E-state index contributed by atoms with van der Waals surface area (Å²) in [5.41, 5.74) is 0.976. The van der Waals surface area contributed by atoms with Crippen molar-refractivity contribution in [2.24, 2.45) is 0 Å². The molecule has 1 saturated carbocycles. The molecule has 0 bridgehead atoms. The van der Waals surface area contributed by atoms with Gasteiger partial charge in [0.15, 0.2) is 5.82 Å². The molecule has 8 nitrogen and oxygen atoms in total. The van der Waals surface area contributed by atoms with Crippen molar-refractivity contribution < 1.29 is 14.3 Å². The molecule has 1 unspecified atom stereocenters. The molecule has 1 aliphatic heterocycles. The van der Waals surface area contributed by atoms with Gasteiger partial charge < -0.3 is 14.5 Å². The fraction of sp³-hybridized carbons (Fsp3) is 0.545. The lowest BCUT2D eigenvalue weighted by atomic mass is 10.1. The number of aromatic nitrogens is 3. The Kier molecular flexibility index (Phi) is 5.26. The van der Waals surface area contributed by atoms with Crippen LogP contribution in [0, 0.1) is 0 Å². The maximum Gasteiger partial charge on any atom is 0.410 e. The summed E-state index contributed by atoms with van der Waals surface area (Å²) in [5, 5.41) is 7.30. The van der Waals surface area contributed by atoms with Crippen molar-refractivity contribution in [3.05, 3.63) is 35.7 Å². The quantitative estimate of drug-likeness (QED) is 0.835. The van der Waals surface area contributed by atoms with Gasteiger partial charge >= 0.3 is 6.09 Å². The molecule has 1 aromatic heterocycles. The van der Waals surface area contributed by atoms with E-state index in [9.17, 15) is 9.59 Å². The summed E-state index contributed by atoms with van der Waals surface area (Å²) in [7, 11) is 0. The predicted octanol–water partition coefficient (Wildman–Crippen LogP) is 3.43. The minimum absolute atomic E-state index is 0.0356. The Morgan fingerprint density at radius 2 is 1.83 bits per heavy atom. The third kappa shape index (κ3) is 4.47. The van der Waals surface area contributed by atoms with Gasteiger partial charge in [-0.1, -0.05) is 12.1 Å². The van der Waals surface area contributed by atoms with Gasteiger partial charge in [0.05, 0.1) is 0 Å². The van der Waals surface area contributed by atoms with Crippen LogP contribution in [-0.4, -0.2) is 68.3 Å². The molecule has 1 aliphatic carbocycles. The molecule has 1 aromatic carbocycles. The summed E-state index contributed by atoms with van der Waals surface area (Å²) in [6.07, 6.45) is 2.01. The monoisotopic (exact) mass is 411 g/mol. The van der Waals surface area contributed by atoms with Gasteiger partial charge in [-0.15, -0.1) is 0 Å². The Morgan fingerprint density at radius 3 is 2.43 bits per heavy atom. The molecule has 160 valence electrons. The highest BCUT2D eigenvalue weighted by Gasteiger charge is 2.32. The van der Waals surface area contributed by atoms with E-state index in [0.717, 1.165) is 11.4 Å². The summed E-state index contributed by atoms with van der Waals surface area (Å²) in [4.78, 5) is 33.4. The minimum atomic E-state index is -0.530. The Balaban J connectivity index is 1.38. The average Bonchev–Trinajstić information content (AvgIpc) is 3.43. The zero-order valence-corrected chi connectivity index (χ0v) is 18.0. The zero-order chi connectivity index (χ0) is 21.5. The lowest BCUT2D eigenvalue weighted by molar-refractivity contribution is 0.00617. The first kappa shape index (κ1) is 20.4. The maximum absolute atomic E-state index is 13.0. The number of aromatic amines is 1. The Hall–Kier alpha value is -2.90. The lowest BCUT2D eigenvalue weighted by Gasteiger charge is -2.40. The van der Waals surface area contributed by atoms with Crippen LogP contribution >= 0.6 is 0 Å². The summed E-state index contributed by atoms with van der Waals surface area (Å²) >= 11 is 0. The van der Waals surface area contributed by atoms with Crippen molar-refractivity contribution >= 4 is 12.0 Å². The van der Waals surface area contributed by atoms with Crippen molar-refractivity contribution in [2.75, 3.05) is 19.6 Å². The first-order chi connectivity index (χ1) is 14.2. The van der Waals surface area contributed by atoms with Gasteiger partial charge in [-0.3, -0.25) is 9.89 Å². The van der Waals surface area contributed by atoms with E-state index < -0.39 is 5.60 Å². The Morgan fingerprint density at radius 1 is 1.13 bits per heavy atom. The molecule has 8 heteroatoms. The van der Waals surface area contributed by atoms with Crippen LogP contribution in [-0.2, 0) is 4.74 Å². The number of nitrogens with one attached hydrogen (secondary N) is 1. The molecule has 1 N–H and O–H groups in total. The van der Waals surface area contributed by atoms with Crippen molar-refractivity contribution in [1.29, 1.82) is 0 Å². The van der Waals surface area contributed by atoms with E-state index in [1.807, 2.05) is 56.9 Å². The summed E-state index contributed by atoms with van der Waals surface area (Å²) in [5.74, 6) is 2.09. The fourth-order valence-electron chi connectivity index (χ4n) is 3.62. The van der Waals surface area contributed by atoms with E-state index in [1.165, 1.54) is 12.8 Å². The van der Waals surface area contributed by atoms with Crippen LogP contribution in [0.1, 0.15) is 62.6 Å². The number of H-pyrrole nitrogens is 1. The zero-order valence-electron chi connectivity index (χ0n) is 18.0. The lowest BCUT2D eigenvalue weighted by Crippen LogP contribution is -2.56. The number of amides is 2. The smallest absolute Gasteiger partial charge is 0.410 e. The summed E-state index contributed by atoms with van der Waals surface area (Å²) in [6, 6.07) is 7.31.